The van der Waals surface area contributed by atoms with Crippen molar-refractivity contribution in [2.45, 2.75) is 38.2 Å². The van der Waals surface area contributed by atoms with E-state index in [1.165, 1.54) is 18.3 Å². The van der Waals surface area contributed by atoms with Gasteiger partial charge in [0.25, 0.3) is 0 Å². The minimum Gasteiger partial charge on any atom is -0.487 e. The van der Waals surface area contributed by atoms with Gasteiger partial charge in [-0.15, -0.1) is 4.91 Å². The monoisotopic (exact) mass is 607 g/mol. The smallest absolute Gasteiger partial charge is 0.316 e. The Hall–Kier alpha value is -3.79. The molecule has 0 atom stereocenters. The molecule has 2 aromatic carbocycles. The number of aryl methyl sites for hydroxylation is 1. The van der Waals surface area contributed by atoms with Crippen LogP contribution in [0, 0.1) is 17.7 Å². The predicted molar refractivity (Wildman–Crippen MR) is 165 cm³/mol. The highest BCUT2D eigenvalue weighted by Crippen LogP contribution is 2.40. The third kappa shape index (κ3) is 6.48. The Labute approximate surface area is 254 Å². The van der Waals surface area contributed by atoms with Crippen LogP contribution in [0.1, 0.15) is 47.2 Å². The van der Waals surface area contributed by atoms with Gasteiger partial charge < -0.3 is 20.5 Å². The largest absolute Gasteiger partial charge is 0.487 e. The molecule has 9 nitrogen and oxygen atoms in total. The number of nitroso groups, excluding NO2 is 1. The van der Waals surface area contributed by atoms with E-state index in [4.69, 9.17) is 38.7 Å². The van der Waals surface area contributed by atoms with Gasteiger partial charge in [0, 0.05) is 30.0 Å². The molecule has 0 radical (unpaired) electrons. The SMILES string of the molecule is Cc1cccc(Cl)c1N=C(COc1ccc(C2(O)CCN(c3cc(C(=O)N=O)ccn3)CC2)c(Cl)c1)C(=CN)C1CC1. The normalized spacial score (nSPS) is 17.2. The van der Waals surface area contributed by atoms with Crippen molar-refractivity contribution in [3.05, 3.63) is 98.1 Å². The third-order valence-electron chi connectivity index (χ3n) is 7.77. The van der Waals surface area contributed by atoms with Crippen LogP contribution in [0.2, 0.25) is 10.0 Å². The van der Waals surface area contributed by atoms with Crippen LogP contribution in [0.5, 0.6) is 5.75 Å². The molecule has 1 aromatic heterocycles. The number of carbonyl (C=O) groups is 1. The minimum absolute atomic E-state index is 0.174. The number of benzene rings is 2. The lowest BCUT2D eigenvalue weighted by Crippen LogP contribution is -2.43. The van der Waals surface area contributed by atoms with E-state index in [1.54, 1.807) is 24.4 Å². The highest BCUT2D eigenvalue weighted by Gasteiger charge is 2.36. The molecule has 3 N–H and O–H groups in total. The van der Waals surface area contributed by atoms with Gasteiger partial charge in [-0.1, -0.05) is 41.4 Å². The van der Waals surface area contributed by atoms with Crippen molar-refractivity contribution in [3.63, 3.8) is 0 Å². The number of nitrogens with zero attached hydrogens (tertiary/aromatic N) is 4. The van der Waals surface area contributed by atoms with E-state index in [0.29, 0.717) is 70.4 Å². The van der Waals surface area contributed by atoms with E-state index < -0.39 is 11.5 Å². The van der Waals surface area contributed by atoms with Crippen molar-refractivity contribution in [1.82, 2.24) is 4.98 Å². The van der Waals surface area contributed by atoms with E-state index >= 15 is 0 Å². The highest BCUT2D eigenvalue weighted by atomic mass is 35.5. The zero-order chi connectivity index (χ0) is 29.9. The molecule has 1 amide bonds. The number of nitrogens with two attached hydrogens (primary N) is 1. The van der Waals surface area contributed by atoms with Crippen LogP contribution in [0.3, 0.4) is 0 Å². The molecular formula is C31H31Cl2N5O4. The minimum atomic E-state index is -1.15. The van der Waals surface area contributed by atoms with Crippen LogP contribution in [0.15, 0.2) is 76.7 Å². The summed E-state index contributed by atoms with van der Waals surface area (Å²) in [6.07, 6.45) is 5.95. The fourth-order valence-electron chi connectivity index (χ4n) is 5.21. The van der Waals surface area contributed by atoms with Crippen LogP contribution < -0.4 is 15.4 Å². The molecule has 1 aliphatic carbocycles. The number of ether oxygens (including phenoxy) is 1. The van der Waals surface area contributed by atoms with E-state index in [9.17, 15) is 14.8 Å². The molecule has 1 saturated carbocycles. The number of pyridine rings is 1. The van der Waals surface area contributed by atoms with E-state index in [-0.39, 0.29) is 12.2 Å². The van der Waals surface area contributed by atoms with Gasteiger partial charge in [-0.3, -0.25) is 4.79 Å². The first-order valence-corrected chi connectivity index (χ1v) is 14.5. The quantitative estimate of drug-likeness (QED) is 0.210. The van der Waals surface area contributed by atoms with Gasteiger partial charge in [0.15, 0.2) is 0 Å². The Morgan fingerprint density at radius 1 is 1.17 bits per heavy atom. The molecule has 218 valence electrons. The summed E-state index contributed by atoms with van der Waals surface area (Å²) >= 11 is 13.1. The lowest BCUT2D eigenvalue weighted by Gasteiger charge is -2.39. The van der Waals surface area contributed by atoms with Gasteiger partial charge in [0.1, 0.15) is 18.2 Å². The lowest BCUT2D eigenvalue weighted by atomic mass is 9.84. The van der Waals surface area contributed by atoms with Gasteiger partial charge in [-0.2, -0.15) is 0 Å². The lowest BCUT2D eigenvalue weighted by molar-refractivity contribution is 0.0117. The van der Waals surface area contributed by atoms with Crippen LogP contribution in [-0.4, -0.2) is 41.4 Å². The number of hydrogen-bond acceptors (Lipinski definition) is 8. The second kappa shape index (κ2) is 12.6. The van der Waals surface area contributed by atoms with Crippen molar-refractivity contribution >= 4 is 46.3 Å². The Morgan fingerprint density at radius 2 is 1.93 bits per heavy atom. The first kappa shape index (κ1) is 29.7. The fourth-order valence-corrected chi connectivity index (χ4v) is 5.82. The zero-order valence-corrected chi connectivity index (χ0v) is 24.6. The summed E-state index contributed by atoms with van der Waals surface area (Å²) in [6, 6.07) is 13.9. The summed E-state index contributed by atoms with van der Waals surface area (Å²) in [5.41, 5.74) is 8.95. The molecule has 1 saturated heterocycles. The number of hydrogen-bond donors (Lipinski definition) is 2. The van der Waals surface area contributed by atoms with Crippen LogP contribution in [0.4, 0.5) is 11.5 Å². The summed E-state index contributed by atoms with van der Waals surface area (Å²) in [5, 5.41) is 15.0. The maximum Gasteiger partial charge on any atom is 0.316 e. The van der Waals surface area contributed by atoms with E-state index in [2.05, 4.69) is 10.2 Å². The Morgan fingerprint density at radius 3 is 2.57 bits per heavy atom. The number of halogens is 2. The number of rotatable bonds is 9. The van der Waals surface area contributed by atoms with Gasteiger partial charge in [0.2, 0.25) is 0 Å². The van der Waals surface area contributed by atoms with Crippen molar-refractivity contribution in [3.8, 4) is 5.75 Å². The van der Waals surface area contributed by atoms with Crippen LogP contribution in [0.25, 0.3) is 0 Å². The van der Waals surface area contributed by atoms with E-state index in [1.807, 2.05) is 30.0 Å². The predicted octanol–water partition coefficient (Wildman–Crippen LogP) is 6.50. The zero-order valence-electron chi connectivity index (χ0n) is 23.1. The number of anilines is 1. The Kier molecular flexibility index (Phi) is 8.91. The number of amides is 1. The van der Waals surface area contributed by atoms with Crippen LogP contribution in [-0.2, 0) is 5.60 Å². The maximum absolute atomic E-state index is 11.7. The van der Waals surface area contributed by atoms with Crippen molar-refractivity contribution in [1.29, 1.82) is 0 Å². The average Bonchev–Trinajstić information content (AvgIpc) is 3.83. The van der Waals surface area contributed by atoms with Crippen molar-refractivity contribution < 1.29 is 14.6 Å². The number of aromatic nitrogens is 1. The molecule has 11 heteroatoms. The first-order valence-electron chi connectivity index (χ1n) is 13.7. The molecule has 0 bridgehead atoms. The summed E-state index contributed by atoms with van der Waals surface area (Å²) in [6.45, 7) is 3.08. The number of aliphatic imine (C=N–C) groups is 1. The highest BCUT2D eigenvalue weighted by molar-refractivity contribution is 6.33. The number of carbonyl (C=O) groups excluding carboxylic acids is 1. The number of para-hydroxylation sites is 1. The van der Waals surface area contributed by atoms with Gasteiger partial charge in [0.05, 0.1) is 32.6 Å². The van der Waals surface area contributed by atoms with Crippen molar-refractivity contribution in [2.75, 3.05) is 24.6 Å². The second-order valence-electron chi connectivity index (χ2n) is 10.6. The van der Waals surface area contributed by atoms with E-state index in [0.717, 1.165) is 24.0 Å². The summed E-state index contributed by atoms with van der Waals surface area (Å²) < 4.78 is 6.14. The summed E-state index contributed by atoms with van der Waals surface area (Å²) in [7, 11) is 0. The Bertz CT molecular complexity index is 1540. The molecule has 0 unspecified atom stereocenters. The van der Waals surface area contributed by atoms with Crippen LogP contribution >= 0.6 is 23.2 Å². The Balaban J connectivity index is 1.29. The maximum atomic E-state index is 11.7. The first-order chi connectivity index (χ1) is 20.2. The molecule has 0 spiro atoms. The standard InChI is InChI=1S/C31H31Cl2N5O4/c1-19-3-2-4-25(32)29(19)36-27(23(17-34)20-5-6-20)18-42-22-7-8-24(26(33)16-22)31(40)10-13-38(14-11-31)28-15-21(9-12-35-28)30(39)37-41/h2-4,7-9,12,15-17,20,40H,5-6,10-11,13-14,18,34H2,1H3. The van der Waals surface area contributed by atoms with Gasteiger partial charge >= 0.3 is 5.91 Å². The van der Waals surface area contributed by atoms with Crippen molar-refractivity contribution in [2.24, 2.45) is 21.8 Å². The summed E-state index contributed by atoms with van der Waals surface area (Å²) in [5.74, 6) is 0.588. The van der Waals surface area contributed by atoms with Gasteiger partial charge in [-0.25, -0.2) is 9.98 Å². The third-order valence-corrected chi connectivity index (χ3v) is 8.39. The molecule has 2 heterocycles. The molecule has 3 aromatic rings. The fraction of sp³-hybridized carbons (Fsp3) is 0.323. The topological polar surface area (TPSA) is 130 Å². The summed E-state index contributed by atoms with van der Waals surface area (Å²) in [4.78, 5) is 33.4. The number of aliphatic hydroxyl groups is 1. The van der Waals surface area contributed by atoms with Gasteiger partial charge in [-0.05, 0) is 86.2 Å². The molecule has 2 aliphatic rings. The molecule has 2 fully saturated rings. The molecular weight excluding hydrogens is 577 g/mol. The average molecular weight is 609 g/mol. The second-order valence-corrected chi connectivity index (χ2v) is 11.4. The molecule has 42 heavy (non-hydrogen) atoms. The molecule has 1 aliphatic heterocycles. The molecule has 5 rings (SSSR count). The number of piperidine rings is 1.